The van der Waals surface area contributed by atoms with Crippen LogP contribution in [0.2, 0.25) is 0 Å². The monoisotopic (exact) mass is 309 g/mol. The largest absolute Gasteiger partial charge is 0.380 e. The molecule has 23 heavy (non-hydrogen) atoms. The third kappa shape index (κ3) is 4.31. The minimum atomic E-state index is -0.0244. The van der Waals surface area contributed by atoms with Gasteiger partial charge in [0, 0.05) is 25.0 Å². The molecule has 4 heteroatoms. The lowest BCUT2D eigenvalue weighted by atomic mass is 10.1. The van der Waals surface area contributed by atoms with Crippen LogP contribution >= 0.6 is 0 Å². The van der Waals surface area contributed by atoms with Crippen LogP contribution in [0.4, 0.5) is 5.69 Å². The minimum Gasteiger partial charge on any atom is -0.380 e. The van der Waals surface area contributed by atoms with Crippen molar-refractivity contribution in [2.24, 2.45) is 0 Å². The minimum absolute atomic E-state index is 0.0244. The molecule has 0 spiro atoms. The highest BCUT2D eigenvalue weighted by Crippen LogP contribution is 2.18. The van der Waals surface area contributed by atoms with E-state index in [0.29, 0.717) is 11.6 Å². The SMILES string of the molecule is Cc1cccc(CNc2cncc(C(=O)NC3CCCC3)c2)c1. The Morgan fingerprint density at radius 1 is 1.22 bits per heavy atom. The normalized spacial score (nSPS) is 14.7. The van der Waals surface area contributed by atoms with Crippen molar-refractivity contribution in [2.75, 3.05) is 5.32 Å². The molecule has 1 aliphatic carbocycles. The summed E-state index contributed by atoms with van der Waals surface area (Å²) in [5, 5.41) is 6.43. The fourth-order valence-corrected chi connectivity index (χ4v) is 3.03. The van der Waals surface area contributed by atoms with Crippen LogP contribution in [0.1, 0.15) is 47.2 Å². The highest BCUT2D eigenvalue weighted by molar-refractivity contribution is 5.94. The second-order valence-electron chi connectivity index (χ2n) is 6.26. The summed E-state index contributed by atoms with van der Waals surface area (Å²) in [5.41, 5.74) is 3.94. The molecule has 1 fully saturated rings. The zero-order valence-corrected chi connectivity index (χ0v) is 13.5. The van der Waals surface area contributed by atoms with Crippen molar-refractivity contribution in [2.45, 2.75) is 45.2 Å². The van der Waals surface area contributed by atoms with Crippen molar-refractivity contribution < 1.29 is 4.79 Å². The van der Waals surface area contributed by atoms with Gasteiger partial charge in [-0.2, -0.15) is 0 Å². The second kappa shape index (κ2) is 7.27. The predicted octanol–water partition coefficient (Wildman–Crippen LogP) is 3.67. The predicted molar refractivity (Wildman–Crippen MR) is 92.5 cm³/mol. The molecular weight excluding hydrogens is 286 g/mol. The number of carbonyl (C=O) groups is 1. The number of nitrogens with one attached hydrogen (secondary N) is 2. The lowest BCUT2D eigenvalue weighted by Gasteiger charge is -2.12. The van der Waals surface area contributed by atoms with E-state index in [1.807, 2.05) is 6.07 Å². The van der Waals surface area contributed by atoms with Crippen LogP contribution in [-0.2, 0) is 6.54 Å². The van der Waals surface area contributed by atoms with Gasteiger partial charge >= 0.3 is 0 Å². The highest BCUT2D eigenvalue weighted by Gasteiger charge is 2.18. The Labute approximate surface area is 137 Å². The Kier molecular flexibility index (Phi) is 4.91. The molecule has 120 valence electrons. The number of carbonyl (C=O) groups excluding carboxylic acids is 1. The van der Waals surface area contributed by atoms with Gasteiger partial charge < -0.3 is 10.6 Å². The molecule has 4 nitrogen and oxygen atoms in total. The van der Waals surface area contributed by atoms with E-state index in [1.54, 1.807) is 12.4 Å². The summed E-state index contributed by atoms with van der Waals surface area (Å²) in [6, 6.07) is 10.6. The molecule has 3 rings (SSSR count). The number of amides is 1. The molecule has 1 aliphatic rings. The zero-order valence-electron chi connectivity index (χ0n) is 13.5. The number of pyridine rings is 1. The first-order valence-corrected chi connectivity index (χ1v) is 8.26. The summed E-state index contributed by atoms with van der Waals surface area (Å²) in [6.45, 7) is 2.80. The molecule has 1 aromatic heterocycles. The Hall–Kier alpha value is -2.36. The summed E-state index contributed by atoms with van der Waals surface area (Å²) in [7, 11) is 0. The van der Waals surface area contributed by atoms with Crippen LogP contribution in [-0.4, -0.2) is 16.9 Å². The van der Waals surface area contributed by atoms with E-state index in [2.05, 4.69) is 46.8 Å². The maximum atomic E-state index is 12.3. The fraction of sp³-hybridized carbons (Fsp3) is 0.368. The molecule has 1 aromatic carbocycles. The molecule has 1 amide bonds. The fourth-order valence-electron chi connectivity index (χ4n) is 3.03. The summed E-state index contributed by atoms with van der Waals surface area (Å²) in [4.78, 5) is 16.5. The third-order valence-corrected chi connectivity index (χ3v) is 4.27. The van der Waals surface area contributed by atoms with Gasteiger partial charge in [-0.15, -0.1) is 0 Å². The lowest BCUT2D eigenvalue weighted by Crippen LogP contribution is -2.32. The van der Waals surface area contributed by atoms with Crippen molar-refractivity contribution in [1.82, 2.24) is 10.3 Å². The highest BCUT2D eigenvalue weighted by atomic mass is 16.1. The van der Waals surface area contributed by atoms with Crippen molar-refractivity contribution in [1.29, 1.82) is 0 Å². The number of nitrogens with zero attached hydrogens (tertiary/aromatic N) is 1. The van der Waals surface area contributed by atoms with Crippen LogP contribution in [0, 0.1) is 6.92 Å². The van der Waals surface area contributed by atoms with Gasteiger partial charge in [-0.25, -0.2) is 0 Å². The Bertz CT molecular complexity index is 678. The van der Waals surface area contributed by atoms with Crippen LogP contribution in [0.3, 0.4) is 0 Å². The maximum absolute atomic E-state index is 12.3. The molecule has 0 saturated heterocycles. The van der Waals surface area contributed by atoms with E-state index in [0.717, 1.165) is 25.1 Å². The van der Waals surface area contributed by atoms with E-state index < -0.39 is 0 Å². The van der Waals surface area contributed by atoms with Gasteiger partial charge in [0.05, 0.1) is 11.3 Å². The standard InChI is InChI=1S/C19H23N3O/c1-14-5-4-6-15(9-14)11-21-18-10-16(12-20-13-18)19(23)22-17-7-2-3-8-17/h4-6,9-10,12-13,17,21H,2-3,7-8,11H2,1H3,(H,22,23). The zero-order chi connectivity index (χ0) is 16.1. The van der Waals surface area contributed by atoms with E-state index in [9.17, 15) is 4.79 Å². The number of anilines is 1. The van der Waals surface area contributed by atoms with Crippen LogP contribution in [0.25, 0.3) is 0 Å². The number of rotatable bonds is 5. The van der Waals surface area contributed by atoms with Crippen molar-refractivity contribution >= 4 is 11.6 Å². The molecule has 2 aromatic rings. The van der Waals surface area contributed by atoms with Gasteiger partial charge in [0.2, 0.25) is 0 Å². The summed E-state index contributed by atoms with van der Waals surface area (Å²) in [5.74, 6) is -0.0244. The Balaban J connectivity index is 1.61. The average Bonchev–Trinajstić information content (AvgIpc) is 3.06. The van der Waals surface area contributed by atoms with E-state index in [4.69, 9.17) is 0 Å². The molecule has 0 unspecified atom stereocenters. The number of hydrogen-bond acceptors (Lipinski definition) is 3. The third-order valence-electron chi connectivity index (χ3n) is 4.27. The number of aryl methyl sites for hydroxylation is 1. The number of hydrogen-bond donors (Lipinski definition) is 2. The van der Waals surface area contributed by atoms with Gasteiger partial charge in [-0.1, -0.05) is 42.7 Å². The van der Waals surface area contributed by atoms with E-state index in [1.165, 1.54) is 24.0 Å². The molecule has 0 bridgehead atoms. The average molecular weight is 309 g/mol. The maximum Gasteiger partial charge on any atom is 0.253 e. The first-order chi connectivity index (χ1) is 11.2. The van der Waals surface area contributed by atoms with E-state index >= 15 is 0 Å². The molecule has 0 aliphatic heterocycles. The topological polar surface area (TPSA) is 54.0 Å². The van der Waals surface area contributed by atoms with E-state index in [-0.39, 0.29) is 5.91 Å². The van der Waals surface area contributed by atoms with Gasteiger partial charge in [-0.05, 0) is 31.4 Å². The van der Waals surface area contributed by atoms with Crippen LogP contribution in [0.5, 0.6) is 0 Å². The summed E-state index contributed by atoms with van der Waals surface area (Å²) in [6.07, 6.45) is 7.97. The Morgan fingerprint density at radius 2 is 2.04 bits per heavy atom. The van der Waals surface area contributed by atoms with Gasteiger partial charge in [0.15, 0.2) is 0 Å². The van der Waals surface area contributed by atoms with Crippen molar-refractivity contribution in [3.63, 3.8) is 0 Å². The van der Waals surface area contributed by atoms with Crippen LogP contribution in [0.15, 0.2) is 42.7 Å². The molecule has 2 N–H and O–H groups in total. The second-order valence-corrected chi connectivity index (χ2v) is 6.26. The molecular formula is C19H23N3O. The van der Waals surface area contributed by atoms with Gasteiger partial charge in [0.25, 0.3) is 5.91 Å². The summed E-state index contributed by atoms with van der Waals surface area (Å²) >= 11 is 0. The van der Waals surface area contributed by atoms with Gasteiger partial charge in [-0.3, -0.25) is 9.78 Å². The molecule has 0 atom stereocenters. The molecule has 1 heterocycles. The first-order valence-electron chi connectivity index (χ1n) is 8.26. The van der Waals surface area contributed by atoms with Gasteiger partial charge in [0.1, 0.15) is 0 Å². The smallest absolute Gasteiger partial charge is 0.253 e. The summed E-state index contributed by atoms with van der Waals surface area (Å²) < 4.78 is 0. The van der Waals surface area contributed by atoms with Crippen molar-refractivity contribution in [3.8, 4) is 0 Å². The van der Waals surface area contributed by atoms with Crippen LogP contribution < -0.4 is 10.6 Å². The molecule has 1 saturated carbocycles. The molecule has 0 radical (unpaired) electrons. The van der Waals surface area contributed by atoms with Crippen molar-refractivity contribution in [3.05, 3.63) is 59.4 Å². The number of aromatic nitrogens is 1. The Morgan fingerprint density at radius 3 is 2.83 bits per heavy atom. The number of benzene rings is 1. The first kappa shape index (κ1) is 15.5. The lowest BCUT2D eigenvalue weighted by molar-refractivity contribution is 0.0937. The quantitative estimate of drug-likeness (QED) is 0.886.